The van der Waals surface area contributed by atoms with Gasteiger partial charge in [0.25, 0.3) is 0 Å². The zero-order valence-corrected chi connectivity index (χ0v) is 18.2. The Hall–Kier alpha value is -3.69. The van der Waals surface area contributed by atoms with E-state index in [1.165, 1.54) is 35.4 Å². The topological polar surface area (TPSA) is 80.2 Å². The van der Waals surface area contributed by atoms with Gasteiger partial charge in [0.2, 0.25) is 5.95 Å². The third-order valence-electron chi connectivity index (χ3n) is 6.41. The maximum Gasteiger partial charge on any atom is 0.415 e. The van der Waals surface area contributed by atoms with Gasteiger partial charge in [-0.2, -0.15) is 4.39 Å². The van der Waals surface area contributed by atoms with Crippen molar-refractivity contribution in [2.24, 2.45) is 5.92 Å². The monoisotopic (exact) mass is 469 g/mol. The van der Waals surface area contributed by atoms with E-state index < -0.39 is 29.3 Å². The molecule has 2 aromatic heterocycles. The van der Waals surface area contributed by atoms with Crippen molar-refractivity contribution in [3.8, 4) is 11.3 Å². The first-order chi connectivity index (χ1) is 16.4. The standard InChI is InChI=1S/C24H22F3N5O2/c25-17-9-16(10-18(26)11-17)20-2-4-22(31-30-20)29-12-15-5-7-24(8-6-15)14-32(23(33)34-24)19-1-3-21(27)28-13-19/h1-4,9-11,13,15H,5-8,12,14H2,(H,29,31). The molecule has 0 bridgehead atoms. The highest BCUT2D eigenvalue weighted by molar-refractivity contribution is 5.90. The number of amides is 1. The molecule has 1 N–H and O–H groups in total. The molecular formula is C24H22F3N5O2. The van der Waals surface area contributed by atoms with Crippen molar-refractivity contribution in [2.75, 3.05) is 23.3 Å². The predicted octanol–water partition coefficient (Wildman–Crippen LogP) is 4.95. The van der Waals surface area contributed by atoms with Gasteiger partial charge in [-0.1, -0.05) is 0 Å². The second kappa shape index (κ2) is 8.92. The molecule has 1 saturated heterocycles. The van der Waals surface area contributed by atoms with E-state index in [1.807, 2.05) is 0 Å². The quantitative estimate of drug-likeness (QED) is 0.533. The lowest BCUT2D eigenvalue weighted by molar-refractivity contribution is 0.0148. The first-order valence-electron chi connectivity index (χ1n) is 11.1. The number of rotatable bonds is 5. The molecule has 34 heavy (non-hydrogen) atoms. The Morgan fingerprint density at radius 2 is 1.79 bits per heavy atom. The fourth-order valence-electron chi connectivity index (χ4n) is 4.55. The van der Waals surface area contributed by atoms with Crippen molar-refractivity contribution in [3.05, 3.63) is 66.2 Å². The van der Waals surface area contributed by atoms with E-state index in [0.29, 0.717) is 41.8 Å². The molecule has 2 aliphatic rings. The van der Waals surface area contributed by atoms with E-state index in [0.717, 1.165) is 31.7 Å². The third-order valence-corrected chi connectivity index (χ3v) is 6.41. The Balaban J connectivity index is 1.14. The molecule has 1 aromatic carbocycles. The molecule has 0 unspecified atom stereocenters. The first-order valence-corrected chi connectivity index (χ1v) is 11.1. The molecule has 1 amide bonds. The summed E-state index contributed by atoms with van der Waals surface area (Å²) in [6.45, 7) is 1.10. The summed E-state index contributed by atoms with van der Waals surface area (Å²) < 4.78 is 45.7. The van der Waals surface area contributed by atoms with Gasteiger partial charge < -0.3 is 10.1 Å². The summed E-state index contributed by atoms with van der Waals surface area (Å²) in [7, 11) is 0. The van der Waals surface area contributed by atoms with Gasteiger partial charge in [0.15, 0.2) is 0 Å². The molecule has 1 spiro atoms. The summed E-state index contributed by atoms with van der Waals surface area (Å²) in [6.07, 6.45) is 4.09. The second-order valence-electron chi connectivity index (χ2n) is 8.76. The minimum absolute atomic E-state index is 0.325. The summed E-state index contributed by atoms with van der Waals surface area (Å²) in [5, 5.41) is 11.4. The molecule has 0 radical (unpaired) electrons. The largest absolute Gasteiger partial charge is 0.441 e. The smallest absolute Gasteiger partial charge is 0.415 e. The molecule has 176 valence electrons. The average Bonchev–Trinajstić information content (AvgIpc) is 3.14. The predicted molar refractivity (Wildman–Crippen MR) is 119 cm³/mol. The van der Waals surface area contributed by atoms with Gasteiger partial charge >= 0.3 is 6.09 Å². The van der Waals surface area contributed by atoms with Gasteiger partial charge in [-0.3, -0.25) is 4.90 Å². The molecule has 0 atom stereocenters. The third kappa shape index (κ3) is 4.66. The second-order valence-corrected chi connectivity index (χ2v) is 8.76. The maximum atomic E-state index is 13.4. The fourth-order valence-corrected chi connectivity index (χ4v) is 4.55. The van der Waals surface area contributed by atoms with Crippen LogP contribution in [0, 0.1) is 23.5 Å². The molecule has 3 aromatic rings. The van der Waals surface area contributed by atoms with Crippen LogP contribution in [0.1, 0.15) is 25.7 Å². The minimum atomic E-state index is -0.667. The lowest BCUT2D eigenvalue weighted by atomic mass is 9.78. The van der Waals surface area contributed by atoms with E-state index in [4.69, 9.17) is 4.74 Å². The number of benzene rings is 1. The van der Waals surface area contributed by atoms with Crippen LogP contribution in [0.4, 0.5) is 29.5 Å². The molecule has 1 saturated carbocycles. The summed E-state index contributed by atoms with van der Waals surface area (Å²) >= 11 is 0. The number of hydrogen-bond donors (Lipinski definition) is 1. The van der Waals surface area contributed by atoms with Gasteiger partial charge in [-0.15, -0.1) is 10.2 Å². The zero-order chi connectivity index (χ0) is 23.7. The van der Waals surface area contributed by atoms with Crippen molar-refractivity contribution in [1.82, 2.24) is 15.2 Å². The van der Waals surface area contributed by atoms with Crippen molar-refractivity contribution in [3.63, 3.8) is 0 Å². The summed E-state index contributed by atoms with van der Waals surface area (Å²) in [5.41, 5.74) is 0.692. The molecule has 10 heteroatoms. The SMILES string of the molecule is O=C1OC2(CCC(CNc3ccc(-c4cc(F)cc(F)c4)nn3)CC2)CN1c1ccc(F)nc1. The van der Waals surface area contributed by atoms with Crippen LogP contribution in [0.5, 0.6) is 0 Å². The number of carbonyl (C=O) groups is 1. The number of aromatic nitrogens is 3. The highest BCUT2D eigenvalue weighted by Crippen LogP contribution is 2.40. The number of halogens is 3. The molecule has 1 aliphatic heterocycles. The van der Waals surface area contributed by atoms with Crippen molar-refractivity contribution >= 4 is 17.6 Å². The molecule has 1 aliphatic carbocycles. The summed E-state index contributed by atoms with van der Waals surface area (Å²) in [6, 6.07) is 9.37. The Morgan fingerprint density at radius 1 is 1.03 bits per heavy atom. The Bertz CT molecular complexity index is 1160. The van der Waals surface area contributed by atoms with E-state index in [-0.39, 0.29) is 0 Å². The Morgan fingerprint density at radius 3 is 2.44 bits per heavy atom. The number of pyridine rings is 1. The number of nitrogens with one attached hydrogen (secondary N) is 1. The molecule has 2 fully saturated rings. The highest BCUT2D eigenvalue weighted by atomic mass is 19.1. The minimum Gasteiger partial charge on any atom is -0.441 e. The Kier molecular flexibility index (Phi) is 5.80. The van der Waals surface area contributed by atoms with Crippen LogP contribution in [0.25, 0.3) is 11.3 Å². The van der Waals surface area contributed by atoms with Crippen molar-refractivity contribution < 1.29 is 22.7 Å². The Labute approximate surface area is 194 Å². The van der Waals surface area contributed by atoms with Gasteiger partial charge in [-0.05, 0) is 68.0 Å². The number of nitrogens with zero attached hydrogens (tertiary/aromatic N) is 4. The van der Waals surface area contributed by atoms with Crippen LogP contribution < -0.4 is 10.2 Å². The number of anilines is 2. The first kappa shape index (κ1) is 22.1. The van der Waals surface area contributed by atoms with Gasteiger partial charge in [0.05, 0.1) is 24.1 Å². The van der Waals surface area contributed by atoms with Crippen LogP contribution >= 0.6 is 0 Å². The van der Waals surface area contributed by atoms with Gasteiger partial charge in [0, 0.05) is 18.2 Å². The van der Waals surface area contributed by atoms with Crippen molar-refractivity contribution in [2.45, 2.75) is 31.3 Å². The van der Waals surface area contributed by atoms with Crippen LogP contribution in [-0.4, -0.2) is 40.0 Å². The van der Waals surface area contributed by atoms with E-state index >= 15 is 0 Å². The van der Waals surface area contributed by atoms with Crippen molar-refractivity contribution in [1.29, 1.82) is 0 Å². The van der Waals surface area contributed by atoms with E-state index in [9.17, 15) is 18.0 Å². The van der Waals surface area contributed by atoms with Gasteiger partial charge in [-0.25, -0.2) is 18.6 Å². The fraction of sp³-hybridized carbons (Fsp3) is 0.333. The van der Waals surface area contributed by atoms with E-state index in [1.54, 1.807) is 12.1 Å². The number of carbonyl (C=O) groups excluding carboxylic acids is 1. The maximum absolute atomic E-state index is 13.4. The van der Waals surface area contributed by atoms with Crippen LogP contribution in [0.2, 0.25) is 0 Å². The normalized spacial score (nSPS) is 22.1. The number of ether oxygens (including phenoxy) is 1. The summed E-state index contributed by atoms with van der Waals surface area (Å²) in [5.74, 6) is -0.993. The molecular weight excluding hydrogens is 447 g/mol. The van der Waals surface area contributed by atoms with Crippen LogP contribution in [0.3, 0.4) is 0 Å². The van der Waals surface area contributed by atoms with Crippen LogP contribution in [0.15, 0.2) is 48.7 Å². The lowest BCUT2D eigenvalue weighted by Gasteiger charge is -2.35. The van der Waals surface area contributed by atoms with E-state index in [2.05, 4.69) is 20.5 Å². The van der Waals surface area contributed by atoms with Gasteiger partial charge in [0.1, 0.15) is 23.1 Å². The summed E-state index contributed by atoms with van der Waals surface area (Å²) in [4.78, 5) is 17.5. The molecule has 7 nitrogen and oxygen atoms in total. The molecule has 5 rings (SSSR count). The van der Waals surface area contributed by atoms with Crippen LogP contribution in [-0.2, 0) is 4.74 Å². The average molecular weight is 469 g/mol. The highest BCUT2D eigenvalue weighted by Gasteiger charge is 2.47. The molecule has 3 heterocycles. The zero-order valence-electron chi connectivity index (χ0n) is 18.2. The lowest BCUT2D eigenvalue weighted by Crippen LogP contribution is -2.39. The number of hydrogen-bond acceptors (Lipinski definition) is 6.